The van der Waals surface area contributed by atoms with E-state index >= 15 is 0 Å². The minimum absolute atomic E-state index is 0.676. The van der Waals surface area contributed by atoms with Crippen LogP contribution in [0, 0.1) is 0 Å². The fraction of sp³-hybridized carbons (Fsp3) is 0.500. The van der Waals surface area contributed by atoms with E-state index < -0.39 is 0 Å². The van der Waals surface area contributed by atoms with Gasteiger partial charge in [-0.25, -0.2) is 0 Å². The van der Waals surface area contributed by atoms with Gasteiger partial charge in [0.25, 0.3) is 0 Å². The Hall–Kier alpha value is -1.66. The quantitative estimate of drug-likeness (QED) is 0.812. The zero-order chi connectivity index (χ0) is 12.5. The fourth-order valence-corrected chi connectivity index (χ4v) is 2.30. The second-order valence-electron chi connectivity index (χ2n) is 4.85. The van der Waals surface area contributed by atoms with E-state index in [1.165, 1.54) is 0 Å². The third-order valence-electron chi connectivity index (χ3n) is 3.50. The van der Waals surface area contributed by atoms with Gasteiger partial charge < -0.3 is 10.6 Å². The summed E-state index contributed by atoms with van der Waals surface area (Å²) in [4.78, 5) is 4.75. The molecule has 0 unspecified atom stereocenters. The van der Waals surface area contributed by atoms with Gasteiger partial charge >= 0.3 is 0 Å². The lowest BCUT2D eigenvalue weighted by Gasteiger charge is -2.31. The summed E-state index contributed by atoms with van der Waals surface area (Å²) in [6.45, 7) is 5.21. The number of nitrogen functional groups attached to an aromatic ring is 1. The molecule has 6 nitrogen and oxygen atoms in total. The van der Waals surface area contributed by atoms with E-state index in [0.29, 0.717) is 5.69 Å². The van der Waals surface area contributed by atoms with Crippen molar-refractivity contribution in [3.8, 4) is 0 Å². The maximum Gasteiger partial charge on any atom is 0.184 e. The number of aromatic nitrogens is 3. The Bertz CT molecular complexity index is 540. The molecule has 2 aromatic rings. The molecule has 0 bridgehead atoms. The van der Waals surface area contributed by atoms with Crippen LogP contribution in [0.5, 0.6) is 0 Å². The Kier molecular flexibility index (Phi) is 2.89. The summed E-state index contributed by atoms with van der Waals surface area (Å²) < 4.78 is 1.98. The Labute approximate surface area is 106 Å². The van der Waals surface area contributed by atoms with Crippen LogP contribution in [-0.2, 0) is 6.54 Å². The number of nitrogens with zero attached hydrogens (tertiary/aromatic N) is 5. The first-order valence-corrected chi connectivity index (χ1v) is 6.23. The van der Waals surface area contributed by atoms with Gasteiger partial charge in [-0.2, -0.15) is 0 Å². The topological polar surface area (TPSA) is 62.7 Å². The zero-order valence-corrected chi connectivity index (χ0v) is 10.6. The minimum atomic E-state index is 0.676. The molecule has 2 N–H and O–H groups in total. The summed E-state index contributed by atoms with van der Waals surface area (Å²) in [7, 11) is 2.16. The predicted molar refractivity (Wildman–Crippen MR) is 70.2 cm³/mol. The van der Waals surface area contributed by atoms with E-state index in [4.69, 9.17) is 5.73 Å². The van der Waals surface area contributed by atoms with E-state index in [0.717, 1.165) is 44.2 Å². The molecule has 0 spiro atoms. The van der Waals surface area contributed by atoms with Gasteiger partial charge in [-0.3, -0.25) is 9.30 Å². The van der Waals surface area contributed by atoms with Crippen LogP contribution in [0.3, 0.4) is 0 Å². The molecule has 1 aliphatic rings. The average Bonchev–Trinajstić information content (AvgIpc) is 2.77. The number of hydrogen-bond donors (Lipinski definition) is 1. The van der Waals surface area contributed by atoms with Crippen LogP contribution < -0.4 is 5.73 Å². The number of hydrogen-bond acceptors (Lipinski definition) is 5. The smallest absolute Gasteiger partial charge is 0.184 e. The maximum atomic E-state index is 5.88. The lowest BCUT2D eigenvalue weighted by atomic mass is 10.3. The van der Waals surface area contributed by atoms with Crippen molar-refractivity contribution < 1.29 is 0 Å². The second-order valence-corrected chi connectivity index (χ2v) is 4.85. The van der Waals surface area contributed by atoms with Crippen molar-refractivity contribution in [1.29, 1.82) is 0 Å². The van der Waals surface area contributed by atoms with E-state index in [-0.39, 0.29) is 0 Å². The molecule has 0 aliphatic carbocycles. The molecule has 0 atom stereocenters. The molecule has 0 saturated carbocycles. The van der Waals surface area contributed by atoms with Gasteiger partial charge in [0.15, 0.2) is 11.5 Å². The summed E-state index contributed by atoms with van der Waals surface area (Å²) >= 11 is 0. The largest absolute Gasteiger partial charge is 0.396 e. The van der Waals surface area contributed by atoms with Crippen molar-refractivity contribution >= 4 is 11.3 Å². The van der Waals surface area contributed by atoms with Crippen LogP contribution in [0.25, 0.3) is 5.65 Å². The highest BCUT2D eigenvalue weighted by Crippen LogP contribution is 2.13. The Morgan fingerprint density at radius 1 is 1.22 bits per heavy atom. The molecule has 0 radical (unpaired) electrons. The first kappa shape index (κ1) is 11.4. The molecule has 2 aromatic heterocycles. The van der Waals surface area contributed by atoms with E-state index in [1.807, 2.05) is 22.7 Å². The van der Waals surface area contributed by atoms with Crippen LogP contribution in [0.1, 0.15) is 5.82 Å². The van der Waals surface area contributed by atoms with Gasteiger partial charge in [0, 0.05) is 32.4 Å². The standard InChI is InChI=1S/C12H18N6/c1-16-5-7-17(8-6-16)9-11-14-15-12-10(13)3-2-4-18(11)12/h2-4H,5-9,13H2,1H3. The second kappa shape index (κ2) is 4.55. The normalized spacial score (nSPS) is 18.5. The number of likely N-dealkylation sites (N-methyl/N-ethyl adjacent to an activating group) is 1. The molecular weight excluding hydrogens is 228 g/mol. The van der Waals surface area contributed by atoms with Crippen LogP contribution in [-0.4, -0.2) is 57.6 Å². The molecule has 18 heavy (non-hydrogen) atoms. The number of pyridine rings is 1. The lowest BCUT2D eigenvalue weighted by molar-refractivity contribution is 0.145. The van der Waals surface area contributed by atoms with Crippen molar-refractivity contribution in [2.24, 2.45) is 0 Å². The number of rotatable bonds is 2. The van der Waals surface area contributed by atoms with Crippen molar-refractivity contribution in [3.63, 3.8) is 0 Å². The van der Waals surface area contributed by atoms with Crippen LogP contribution in [0.2, 0.25) is 0 Å². The van der Waals surface area contributed by atoms with Gasteiger partial charge in [-0.05, 0) is 19.2 Å². The van der Waals surface area contributed by atoms with Crippen LogP contribution >= 0.6 is 0 Å². The first-order valence-electron chi connectivity index (χ1n) is 6.23. The monoisotopic (exact) mass is 246 g/mol. The Balaban J connectivity index is 1.81. The van der Waals surface area contributed by atoms with E-state index in [1.54, 1.807) is 0 Å². The number of fused-ring (bicyclic) bond motifs is 1. The highest BCUT2D eigenvalue weighted by Gasteiger charge is 2.16. The summed E-state index contributed by atoms with van der Waals surface area (Å²) in [5.41, 5.74) is 7.30. The Morgan fingerprint density at radius 2 is 2.00 bits per heavy atom. The first-order chi connectivity index (χ1) is 8.74. The van der Waals surface area contributed by atoms with Gasteiger partial charge in [-0.1, -0.05) is 0 Å². The lowest BCUT2D eigenvalue weighted by Crippen LogP contribution is -2.44. The van der Waals surface area contributed by atoms with Crippen molar-refractivity contribution in [3.05, 3.63) is 24.2 Å². The molecular formula is C12H18N6. The molecule has 3 rings (SSSR count). The molecule has 0 amide bonds. The SMILES string of the molecule is CN1CCN(Cc2nnc3c(N)cccn23)CC1. The van der Waals surface area contributed by atoms with Gasteiger partial charge in [0.1, 0.15) is 0 Å². The fourth-order valence-electron chi connectivity index (χ4n) is 2.30. The Morgan fingerprint density at radius 3 is 2.78 bits per heavy atom. The van der Waals surface area contributed by atoms with Crippen molar-refractivity contribution in [1.82, 2.24) is 24.4 Å². The maximum absolute atomic E-state index is 5.88. The highest BCUT2D eigenvalue weighted by molar-refractivity contribution is 5.63. The van der Waals surface area contributed by atoms with E-state index in [2.05, 4.69) is 27.0 Å². The van der Waals surface area contributed by atoms with Crippen molar-refractivity contribution in [2.75, 3.05) is 39.0 Å². The highest BCUT2D eigenvalue weighted by atomic mass is 15.3. The van der Waals surface area contributed by atoms with Gasteiger partial charge in [-0.15, -0.1) is 10.2 Å². The molecule has 6 heteroatoms. The molecule has 3 heterocycles. The number of nitrogens with two attached hydrogens (primary N) is 1. The molecule has 0 aromatic carbocycles. The number of anilines is 1. The summed E-state index contributed by atoms with van der Waals surface area (Å²) in [5, 5.41) is 8.40. The third kappa shape index (κ3) is 2.04. The summed E-state index contributed by atoms with van der Waals surface area (Å²) in [6, 6.07) is 3.78. The van der Waals surface area contributed by atoms with E-state index in [9.17, 15) is 0 Å². The predicted octanol–water partition coefficient (Wildman–Crippen LogP) is 0.0589. The molecule has 96 valence electrons. The number of piperazine rings is 1. The van der Waals surface area contributed by atoms with Crippen LogP contribution in [0.4, 0.5) is 5.69 Å². The molecule has 1 saturated heterocycles. The average molecular weight is 246 g/mol. The summed E-state index contributed by atoms with van der Waals surface area (Å²) in [5.74, 6) is 0.960. The zero-order valence-electron chi connectivity index (χ0n) is 10.6. The molecule has 1 aliphatic heterocycles. The molecule has 1 fully saturated rings. The van der Waals surface area contributed by atoms with Gasteiger partial charge in [0.2, 0.25) is 0 Å². The minimum Gasteiger partial charge on any atom is -0.396 e. The van der Waals surface area contributed by atoms with Crippen molar-refractivity contribution in [2.45, 2.75) is 6.54 Å². The summed E-state index contributed by atoms with van der Waals surface area (Å²) in [6.07, 6.45) is 1.97. The third-order valence-corrected chi connectivity index (χ3v) is 3.50. The van der Waals surface area contributed by atoms with Gasteiger partial charge in [0.05, 0.1) is 12.2 Å². The van der Waals surface area contributed by atoms with Crippen LogP contribution in [0.15, 0.2) is 18.3 Å².